The minimum absolute atomic E-state index is 0.0836. The Kier molecular flexibility index (Phi) is 5.16. The summed E-state index contributed by atoms with van der Waals surface area (Å²) in [6.07, 6.45) is 1.86. The van der Waals surface area contributed by atoms with E-state index < -0.39 is 6.04 Å². The molecule has 2 aliphatic rings. The second kappa shape index (κ2) is 7.32. The molecule has 2 aliphatic heterocycles. The molecule has 1 aromatic rings. The molecular weight excluding hydrogens is 306 g/mol. The first kappa shape index (κ1) is 16.9. The largest absolute Gasteiger partial charge is 0.381 e. The van der Waals surface area contributed by atoms with Crippen LogP contribution in [-0.2, 0) is 22.6 Å². The average molecular weight is 331 g/mol. The Morgan fingerprint density at radius 2 is 2.08 bits per heavy atom. The first-order valence-electron chi connectivity index (χ1n) is 8.47. The number of imide groups is 1. The molecule has 3 amide bonds. The zero-order valence-electron chi connectivity index (χ0n) is 14.3. The van der Waals surface area contributed by atoms with Crippen LogP contribution in [0.2, 0.25) is 0 Å². The molecular formula is C18H25N3O3. The molecule has 0 saturated carbocycles. The Morgan fingerprint density at radius 1 is 1.29 bits per heavy atom. The molecule has 0 aromatic heterocycles. The summed E-state index contributed by atoms with van der Waals surface area (Å²) >= 11 is 0. The number of hydrogen-bond donors (Lipinski definition) is 1. The number of rotatable bonds is 5. The molecule has 1 aromatic carbocycles. The van der Waals surface area contributed by atoms with Gasteiger partial charge >= 0.3 is 6.03 Å². The predicted molar refractivity (Wildman–Crippen MR) is 90.2 cm³/mol. The van der Waals surface area contributed by atoms with Gasteiger partial charge in [-0.3, -0.25) is 9.69 Å². The number of nitrogens with zero attached hydrogens (tertiary/aromatic N) is 2. The molecule has 2 fully saturated rings. The average Bonchev–Trinajstić information content (AvgIpc) is 2.84. The van der Waals surface area contributed by atoms with Gasteiger partial charge in [0, 0.05) is 19.1 Å². The summed E-state index contributed by atoms with van der Waals surface area (Å²) in [6, 6.07) is 7.29. The molecule has 6 heteroatoms. The van der Waals surface area contributed by atoms with E-state index in [2.05, 4.69) is 22.3 Å². The Balaban J connectivity index is 1.68. The first-order chi connectivity index (χ1) is 11.5. The summed E-state index contributed by atoms with van der Waals surface area (Å²) in [5.74, 6) is -0.0474. The number of benzene rings is 1. The van der Waals surface area contributed by atoms with Crippen molar-refractivity contribution < 1.29 is 14.3 Å². The Labute approximate surface area is 142 Å². The molecule has 0 radical (unpaired) electrons. The van der Waals surface area contributed by atoms with E-state index in [1.54, 1.807) is 0 Å². The highest BCUT2D eigenvalue weighted by Crippen LogP contribution is 2.23. The number of hydrogen-bond acceptors (Lipinski definition) is 4. The van der Waals surface area contributed by atoms with Crippen molar-refractivity contribution in [1.82, 2.24) is 15.1 Å². The minimum Gasteiger partial charge on any atom is -0.381 e. The second-order valence-corrected chi connectivity index (χ2v) is 6.89. The van der Waals surface area contributed by atoms with Crippen molar-refractivity contribution in [3.05, 3.63) is 35.4 Å². The lowest BCUT2D eigenvalue weighted by Gasteiger charge is -2.25. The van der Waals surface area contributed by atoms with Crippen molar-refractivity contribution in [2.45, 2.75) is 32.0 Å². The van der Waals surface area contributed by atoms with Gasteiger partial charge in [-0.2, -0.15) is 0 Å². The fraction of sp³-hybridized carbons (Fsp3) is 0.556. The topological polar surface area (TPSA) is 61.9 Å². The number of amides is 3. The van der Waals surface area contributed by atoms with E-state index in [4.69, 9.17) is 4.74 Å². The molecule has 2 heterocycles. The number of nitrogens with one attached hydrogen (secondary N) is 1. The van der Waals surface area contributed by atoms with Crippen LogP contribution in [0.4, 0.5) is 4.79 Å². The van der Waals surface area contributed by atoms with Crippen LogP contribution in [0.1, 0.15) is 24.0 Å². The van der Waals surface area contributed by atoms with Crippen LogP contribution in [0.25, 0.3) is 0 Å². The second-order valence-electron chi connectivity index (χ2n) is 6.89. The maximum atomic E-state index is 12.7. The minimum atomic E-state index is -0.442. The van der Waals surface area contributed by atoms with Gasteiger partial charge in [0.2, 0.25) is 0 Å². The summed E-state index contributed by atoms with van der Waals surface area (Å²) < 4.78 is 5.46. The number of urea groups is 1. The fourth-order valence-electron chi connectivity index (χ4n) is 3.41. The Morgan fingerprint density at radius 3 is 2.79 bits per heavy atom. The Hall–Kier alpha value is -1.92. The maximum Gasteiger partial charge on any atom is 0.325 e. The van der Waals surface area contributed by atoms with Crippen molar-refractivity contribution in [3.8, 4) is 0 Å². The normalized spacial score (nSPS) is 24.5. The van der Waals surface area contributed by atoms with Crippen molar-refractivity contribution in [1.29, 1.82) is 0 Å². The van der Waals surface area contributed by atoms with E-state index in [0.29, 0.717) is 13.2 Å². The van der Waals surface area contributed by atoms with Crippen molar-refractivity contribution >= 4 is 11.9 Å². The van der Waals surface area contributed by atoms with Gasteiger partial charge in [-0.1, -0.05) is 24.3 Å². The molecule has 1 N–H and O–H groups in total. The van der Waals surface area contributed by atoms with Gasteiger partial charge in [0.25, 0.3) is 5.91 Å². The standard InChI is InChI=1S/C18H25N3O3/c1-20(2)10-13-5-3-6-14(9-13)11-21-17(22)16(19-18(21)23)15-7-4-8-24-12-15/h3,5-6,9,15-16H,4,7-8,10-12H2,1-2H3,(H,19,23). The molecule has 0 bridgehead atoms. The molecule has 24 heavy (non-hydrogen) atoms. The molecule has 2 unspecified atom stereocenters. The van der Waals surface area contributed by atoms with Crippen molar-refractivity contribution in [2.75, 3.05) is 27.3 Å². The highest BCUT2D eigenvalue weighted by Gasteiger charge is 2.42. The van der Waals surface area contributed by atoms with E-state index in [0.717, 1.165) is 31.6 Å². The summed E-state index contributed by atoms with van der Waals surface area (Å²) in [5, 5.41) is 2.84. The maximum absolute atomic E-state index is 12.7. The lowest BCUT2D eigenvalue weighted by Crippen LogP contribution is -2.41. The van der Waals surface area contributed by atoms with Crippen LogP contribution >= 0.6 is 0 Å². The van der Waals surface area contributed by atoms with Crippen LogP contribution in [0.5, 0.6) is 0 Å². The number of carbonyl (C=O) groups is 2. The van der Waals surface area contributed by atoms with Crippen LogP contribution in [-0.4, -0.2) is 55.1 Å². The third-order valence-electron chi connectivity index (χ3n) is 4.55. The molecule has 0 spiro atoms. The molecule has 6 nitrogen and oxygen atoms in total. The highest BCUT2D eigenvalue weighted by atomic mass is 16.5. The molecule has 0 aliphatic carbocycles. The van der Waals surface area contributed by atoms with E-state index in [1.165, 1.54) is 10.5 Å². The van der Waals surface area contributed by atoms with Crippen LogP contribution in [0.15, 0.2) is 24.3 Å². The Bertz CT molecular complexity index is 611. The quantitative estimate of drug-likeness (QED) is 0.833. The van der Waals surface area contributed by atoms with E-state index in [1.807, 2.05) is 26.2 Å². The van der Waals surface area contributed by atoms with Gasteiger partial charge in [-0.15, -0.1) is 0 Å². The van der Waals surface area contributed by atoms with Gasteiger partial charge in [-0.25, -0.2) is 4.79 Å². The van der Waals surface area contributed by atoms with E-state index in [9.17, 15) is 9.59 Å². The lowest BCUT2D eigenvalue weighted by molar-refractivity contribution is -0.130. The third kappa shape index (κ3) is 3.76. The zero-order valence-corrected chi connectivity index (χ0v) is 14.3. The van der Waals surface area contributed by atoms with Crippen molar-refractivity contribution in [3.63, 3.8) is 0 Å². The molecule has 2 atom stereocenters. The number of carbonyl (C=O) groups excluding carboxylic acids is 2. The SMILES string of the molecule is CN(C)Cc1cccc(CN2C(=O)NC(C3CCCOC3)C2=O)c1. The van der Waals surface area contributed by atoms with Crippen LogP contribution < -0.4 is 5.32 Å². The summed E-state index contributed by atoms with van der Waals surface area (Å²) in [5.41, 5.74) is 2.14. The predicted octanol–water partition coefficient (Wildman–Crippen LogP) is 1.60. The van der Waals surface area contributed by atoms with Crippen LogP contribution in [0, 0.1) is 5.92 Å². The van der Waals surface area contributed by atoms with E-state index >= 15 is 0 Å². The summed E-state index contributed by atoms with van der Waals surface area (Å²) in [4.78, 5) is 28.3. The van der Waals surface area contributed by atoms with Gasteiger partial charge in [0.15, 0.2) is 0 Å². The number of ether oxygens (including phenoxy) is 1. The van der Waals surface area contributed by atoms with E-state index in [-0.39, 0.29) is 17.9 Å². The third-order valence-corrected chi connectivity index (χ3v) is 4.55. The monoisotopic (exact) mass is 331 g/mol. The smallest absolute Gasteiger partial charge is 0.325 e. The zero-order chi connectivity index (χ0) is 17.1. The summed E-state index contributed by atoms with van der Waals surface area (Å²) in [7, 11) is 4.03. The molecule has 3 rings (SSSR count). The lowest BCUT2D eigenvalue weighted by atomic mass is 9.94. The first-order valence-corrected chi connectivity index (χ1v) is 8.47. The van der Waals surface area contributed by atoms with Crippen LogP contribution in [0.3, 0.4) is 0 Å². The van der Waals surface area contributed by atoms with Gasteiger partial charge in [0.05, 0.1) is 13.2 Å². The summed E-state index contributed by atoms with van der Waals surface area (Å²) in [6.45, 7) is 2.43. The van der Waals surface area contributed by atoms with Gasteiger partial charge < -0.3 is 15.0 Å². The molecule has 2 saturated heterocycles. The van der Waals surface area contributed by atoms with Gasteiger partial charge in [-0.05, 0) is 38.1 Å². The van der Waals surface area contributed by atoms with Gasteiger partial charge in [0.1, 0.15) is 6.04 Å². The fourth-order valence-corrected chi connectivity index (χ4v) is 3.41. The highest BCUT2D eigenvalue weighted by molar-refractivity contribution is 6.04. The molecule has 130 valence electrons. The van der Waals surface area contributed by atoms with Crippen molar-refractivity contribution in [2.24, 2.45) is 5.92 Å².